The zero-order valence-corrected chi connectivity index (χ0v) is 20.3. The van der Waals surface area contributed by atoms with Crippen molar-refractivity contribution in [1.82, 2.24) is 0 Å². The minimum Gasteiger partial charge on any atom is -0.350 e. The van der Waals surface area contributed by atoms with Gasteiger partial charge in [-0.05, 0) is 67.4 Å². The number of hydrogen-bond acceptors (Lipinski definition) is 4. The van der Waals surface area contributed by atoms with Gasteiger partial charge in [-0.3, -0.25) is 14.4 Å². The number of carbonyl (C=O) groups is 3. The van der Waals surface area contributed by atoms with Crippen LogP contribution in [-0.2, 0) is 9.59 Å². The summed E-state index contributed by atoms with van der Waals surface area (Å²) in [5, 5.41) is 6.01. The number of nitrogens with one attached hydrogen (secondary N) is 2. The van der Waals surface area contributed by atoms with E-state index < -0.39 is 11.8 Å². The number of hydrogen-bond donors (Lipinski definition) is 2. The van der Waals surface area contributed by atoms with E-state index in [4.69, 9.17) is 34.8 Å². The Morgan fingerprint density at radius 1 is 0.853 bits per heavy atom. The van der Waals surface area contributed by atoms with Gasteiger partial charge in [0.25, 0.3) is 17.7 Å². The average molecular weight is 515 g/mol. The topological polar surface area (TPSA) is 78.5 Å². The molecular weight excluding hydrogens is 497 g/mol. The average Bonchev–Trinajstić information content (AvgIpc) is 2.99. The maximum Gasteiger partial charge on any atom is 0.283 e. The highest BCUT2D eigenvalue weighted by atomic mass is 35.5. The molecule has 172 valence electrons. The molecule has 4 rings (SSSR count). The summed E-state index contributed by atoms with van der Waals surface area (Å²) < 4.78 is 0. The van der Waals surface area contributed by atoms with Gasteiger partial charge in [0.2, 0.25) is 0 Å². The second kappa shape index (κ2) is 9.50. The summed E-state index contributed by atoms with van der Waals surface area (Å²) in [7, 11) is 0. The molecule has 3 aromatic carbocycles. The monoisotopic (exact) mass is 513 g/mol. The number of rotatable bonds is 5. The fourth-order valence-corrected chi connectivity index (χ4v) is 4.19. The maximum absolute atomic E-state index is 13.0. The molecule has 3 amide bonds. The van der Waals surface area contributed by atoms with Crippen LogP contribution >= 0.6 is 34.8 Å². The number of halogens is 3. The van der Waals surface area contributed by atoms with Crippen LogP contribution in [0.3, 0.4) is 0 Å². The largest absolute Gasteiger partial charge is 0.350 e. The van der Waals surface area contributed by atoms with E-state index >= 15 is 0 Å². The van der Waals surface area contributed by atoms with Gasteiger partial charge in [0.15, 0.2) is 0 Å². The molecule has 0 spiro atoms. The summed E-state index contributed by atoms with van der Waals surface area (Å²) >= 11 is 18.2. The van der Waals surface area contributed by atoms with Crippen molar-refractivity contribution in [2.24, 2.45) is 0 Å². The fraction of sp³-hybridized carbons (Fsp3) is 0.0800. The Hall–Kier alpha value is -3.32. The Bertz CT molecular complexity index is 1360. The number of carbonyl (C=O) groups excluding carboxylic acids is 3. The number of amides is 3. The number of imide groups is 1. The number of nitrogens with zero attached hydrogens (tertiary/aromatic N) is 1. The smallest absolute Gasteiger partial charge is 0.283 e. The fourth-order valence-electron chi connectivity index (χ4n) is 3.46. The molecule has 3 aromatic rings. The molecule has 0 aliphatic carbocycles. The van der Waals surface area contributed by atoms with Crippen LogP contribution in [0.1, 0.15) is 21.5 Å². The molecule has 1 heterocycles. The minimum atomic E-state index is -0.712. The van der Waals surface area contributed by atoms with Crippen molar-refractivity contribution in [2.75, 3.05) is 15.5 Å². The summed E-state index contributed by atoms with van der Waals surface area (Å²) in [4.78, 5) is 39.4. The van der Waals surface area contributed by atoms with Crippen LogP contribution < -0.4 is 15.5 Å². The summed E-state index contributed by atoms with van der Waals surface area (Å²) in [5.74, 6) is -1.70. The molecular formula is C25H18Cl3N3O3. The third-order valence-corrected chi connectivity index (χ3v) is 5.96. The number of aryl methyl sites for hydroxylation is 2. The van der Waals surface area contributed by atoms with Crippen LogP contribution in [0.2, 0.25) is 10.0 Å². The first kappa shape index (κ1) is 23.8. The van der Waals surface area contributed by atoms with Crippen molar-refractivity contribution in [3.63, 3.8) is 0 Å². The van der Waals surface area contributed by atoms with Gasteiger partial charge < -0.3 is 10.6 Å². The molecule has 34 heavy (non-hydrogen) atoms. The summed E-state index contributed by atoms with van der Waals surface area (Å²) in [5.41, 5.74) is 3.52. The molecule has 1 aliphatic heterocycles. The molecule has 0 bridgehead atoms. The van der Waals surface area contributed by atoms with Crippen LogP contribution in [0.15, 0.2) is 71.4 Å². The predicted octanol–water partition coefficient (Wildman–Crippen LogP) is 6.30. The maximum atomic E-state index is 13.0. The molecule has 6 nitrogen and oxygen atoms in total. The van der Waals surface area contributed by atoms with Crippen molar-refractivity contribution < 1.29 is 14.4 Å². The van der Waals surface area contributed by atoms with Gasteiger partial charge in [0.05, 0.1) is 5.69 Å². The lowest BCUT2D eigenvalue weighted by Gasteiger charge is -2.16. The van der Waals surface area contributed by atoms with Crippen molar-refractivity contribution in [3.05, 3.63) is 98.1 Å². The molecule has 9 heteroatoms. The molecule has 0 unspecified atom stereocenters. The quantitative estimate of drug-likeness (QED) is 0.392. The highest BCUT2D eigenvalue weighted by Crippen LogP contribution is 2.33. The van der Waals surface area contributed by atoms with Crippen molar-refractivity contribution >= 4 is 69.6 Å². The van der Waals surface area contributed by atoms with Crippen molar-refractivity contribution in [2.45, 2.75) is 13.8 Å². The second-order valence-electron chi connectivity index (χ2n) is 7.74. The van der Waals surface area contributed by atoms with Crippen molar-refractivity contribution in [3.8, 4) is 0 Å². The van der Waals surface area contributed by atoms with E-state index in [2.05, 4.69) is 10.6 Å². The lowest BCUT2D eigenvalue weighted by Crippen LogP contribution is -2.32. The Kier molecular flexibility index (Phi) is 6.66. The Morgan fingerprint density at radius 2 is 1.56 bits per heavy atom. The van der Waals surface area contributed by atoms with Crippen LogP contribution in [0.25, 0.3) is 0 Å². The zero-order chi connectivity index (χ0) is 24.6. The summed E-state index contributed by atoms with van der Waals surface area (Å²) in [6.07, 6.45) is 0. The Labute approximate surface area is 211 Å². The lowest BCUT2D eigenvalue weighted by molar-refractivity contribution is -0.120. The van der Waals surface area contributed by atoms with Gasteiger partial charge >= 0.3 is 0 Å². The number of anilines is 3. The Morgan fingerprint density at radius 3 is 2.26 bits per heavy atom. The van der Waals surface area contributed by atoms with Crippen LogP contribution in [0.5, 0.6) is 0 Å². The van der Waals surface area contributed by atoms with Gasteiger partial charge in [0.1, 0.15) is 10.7 Å². The van der Waals surface area contributed by atoms with E-state index in [-0.39, 0.29) is 32.4 Å². The minimum absolute atomic E-state index is 0.116. The predicted molar refractivity (Wildman–Crippen MR) is 136 cm³/mol. The molecule has 0 saturated carbocycles. The summed E-state index contributed by atoms with van der Waals surface area (Å²) in [6.45, 7) is 3.85. The van der Waals surface area contributed by atoms with Crippen molar-refractivity contribution in [1.29, 1.82) is 0 Å². The molecule has 0 fully saturated rings. The first-order chi connectivity index (χ1) is 16.1. The highest BCUT2D eigenvalue weighted by Gasteiger charge is 2.39. The zero-order valence-electron chi connectivity index (χ0n) is 18.1. The van der Waals surface area contributed by atoms with E-state index in [1.165, 1.54) is 18.2 Å². The summed E-state index contributed by atoms with van der Waals surface area (Å²) in [6, 6.07) is 16.7. The number of benzene rings is 3. The van der Waals surface area contributed by atoms with Gasteiger partial charge in [-0.15, -0.1) is 0 Å². The van der Waals surface area contributed by atoms with E-state index in [1.54, 1.807) is 24.3 Å². The molecule has 0 atom stereocenters. The standard InChI is InChI=1S/C25H18Cl3N3O3/c1-13-6-7-14(2)20(8-13)30-23(32)15-4-3-5-18(9-15)29-22-21(28)24(33)31(25(22)34)19-11-16(26)10-17(27)12-19/h3-12,29H,1-2H3,(H,30,32). The van der Waals surface area contributed by atoms with Gasteiger partial charge in [-0.2, -0.15) is 0 Å². The van der Waals surface area contributed by atoms with Crippen LogP contribution in [0.4, 0.5) is 17.1 Å². The molecule has 0 saturated heterocycles. The van der Waals surface area contributed by atoms with E-state index in [9.17, 15) is 14.4 Å². The highest BCUT2D eigenvalue weighted by molar-refractivity contribution is 6.53. The van der Waals surface area contributed by atoms with Crippen LogP contribution in [-0.4, -0.2) is 17.7 Å². The first-order valence-corrected chi connectivity index (χ1v) is 11.3. The van der Waals surface area contributed by atoms with Gasteiger partial charge in [0, 0.05) is 27.0 Å². The SMILES string of the molecule is Cc1ccc(C)c(NC(=O)c2cccc(NC3=C(Cl)C(=O)N(c4cc(Cl)cc(Cl)c4)C3=O)c2)c1. The molecule has 0 aromatic heterocycles. The second-order valence-corrected chi connectivity index (χ2v) is 8.99. The first-order valence-electron chi connectivity index (χ1n) is 10.1. The lowest BCUT2D eigenvalue weighted by atomic mass is 10.1. The van der Waals surface area contributed by atoms with Crippen LogP contribution in [0, 0.1) is 13.8 Å². The molecule has 0 radical (unpaired) electrons. The molecule has 2 N–H and O–H groups in total. The normalized spacial score (nSPS) is 13.5. The van der Waals surface area contributed by atoms with Gasteiger partial charge in [-0.25, -0.2) is 4.90 Å². The van der Waals surface area contributed by atoms with E-state index in [0.717, 1.165) is 16.0 Å². The Balaban J connectivity index is 1.56. The van der Waals surface area contributed by atoms with E-state index in [1.807, 2.05) is 32.0 Å². The van der Waals surface area contributed by atoms with E-state index in [0.29, 0.717) is 16.9 Å². The third-order valence-electron chi connectivity index (χ3n) is 5.17. The van der Waals surface area contributed by atoms with Gasteiger partial charge in [-0.1, -0.05) is 53.0 Å². The third kappa shape index (κ3) is 4.80. The molecule has 1 aliphatic rings.